The lowest BCUT2D eigenvalue weighted by Gasteiger charge is -1.98. The molecule has 0 aliphatic carbocycles. The molecule has 2 rings (SSSR count). The first-order valence-corrected chi connectivity index (χ1v) is 4.05. The number of hydrogen-bond acceptors (Lipinski definition) is 3. The van der Waals surface area contributed by atoms with Crippen molar-refractivity contribution in [2.45, 2.75) is 6.92 Å². The molecule has 0 fully saturated rings. The van der Waals surface area contributed by atoms with Gasteiger partial charge in [-0.15, -0.1) is 0 Å². The van der Waals surface area contributed by atoms with E-state index >= 15 is 0 Å². The smallest absolute Gasteiger partial charge is 0.320 e. The number of benzene rings is 1. The van der Waals surface area contributed by atoms with Gasteiger partial charge in [0.25, 0.3) is 0 Å². The predicted molar refractivity (Wildman–Crippen MR) is 51.4 cm³/mol. The Morgan fingerprint density at radius 1 is 1.50 bits per heavy atom. The lowest BCUT2D eigenvalue weighted by molar-refractivity contribution is -0.384. The van der Waals surface area contributed by atoms with Gasteiger partial charge in [-0.05, 0) is 24.6 Å². The fraction of sp³-hybridized carbons (Fsp3) is 0.111. The number of hydrogen-bond donors (Lipinski definition) is 2. The molecule has 2 aromatic rings. The van der Waals surface area contributed by atoms with Crippen molar-refractivity contribution in [3.63, 3.8) is 0 Å². The van der Waals surface area contributed by atoms with Crippen LogP contribution in [0.25, 0.3) is 10.9 Å². The number of aryl methyl sites for hydroxylation is 1. The third kappa shape index (κ3) is 1.02. The number of nitrogens with zero attached hydrogens (tertiary/aromatic N) is 1. The number of H-pyrrole nitrogens is 1. The number of fused-ring (bicyclic) bond motifs is 1. The number of aromatic amines is 1. The van der Waals surface area contributed by atoms with Crippen LogP contribution in [0.1, 0.15) is 5.56 Å². The van der Waals surface area contributed by atoms with Crippen molar-refractivity contribution in [1.29, 1.82) is 0 Å². The highest BCUT2D eigenvalue weighted by molar-refractivity contribution is 5.94. The van der Waals surface area contributed by atoms with Gasteiger partial charge in [0.1, 0.15) is 0 Å². The number of rotatable bonds is 1. The van der Waals surface area contributed by atoms with Gasteiger partial charge in [0.2, 0.25) is 0 Å². The van der Waals surface area contributed by atoms with E-state index in [-0.39, 0.29) is 11.4 Å². The van der Waals surface area contributed by atoms with E-state index < -0.39 is 4.92 Å². The van der Waals surface area contributed by atoms with E-state index in [1.807, 2.05) is 0 Å². The Morgan fingerprint density at radius 2 is 2.21 bits per heavy atom. The Kier molecular flexibility index (Phi) is 1.67. The molecule has 0 unspecified atom stereocenters. The monoisotopic (exact) mass is 192 g/mol. The van der Waals surface area contributed by atoms with E-state index in [1.165, 1.54) is 6.07 Å². The molecule has 14 heavy (non-hydrogen) atoms. The van der Waals surface area contributed by atoms with Crippen LogP contribution in [0.3, 0.4) is 0 Å². The highest BCUT2D eigenvalue weighted by Crippen LogP contribution is 2.35. The van der Waals surface area contributed by atoms with Gasteiger partial charge in [-0.3, -0.25) is 10.1 Å². The third-order valence-corrected chi connectivity index (χ3v) is 2.18. The molecule has 0 aliphatic rings. The van der Waals surface area contributed by atoms with Crippen LogP contribution in [0, 0.1) is 17.0 Å². The lowest BCUT2D eigenvalue weighted by Crippen LogP contribution is -1.90. The molecule has 72 valence electrons. The van der Waals surface area contributed by atoms with E-state index in [0.717, 1.165) is 5.56 Å². The molecule has 0 saturated heterocycles. The average Bonchev–Trinajstić information content (AvgIpc) is 2.47. The van der Waals surface area contributed by atoms with Crippen molar-refractivity contribution in [2.75, 3.05) is 0 Å². The fourth-order valence-electron chi connectivity index (χ4n) is 1.54. The number of nitrogens with one attached hydrogen (secondary N) is 1. The molecule has 1 heterocycles. The van der Waals surface area contributed by atoms with Gasteiger partial charge in [-0.25, -0.2) is 0 Å². The van der Waals surface area contributed by atoms with E-state index in [2.05, 4.69) is 4.98 Å². The van der Waals surface area contributed by atoms with E-state index in [9.17, 15) is 15.2 Å². The Bertz CT molecular complexity index is 516. The summed E-state index contributed by atoms with van der Waals surface area (Å²) in [5, 5.41) is 20.6. The summed E-state index contributed by atoms with van der Waals surface area (Å²) in [6.45, 7) is 1.76. The Balaban J connectivity index is 2.94. The second-order valence-electron chi connectivity index (χ2n) is 3.08. The zero-order chi connectivity index (χ0) is 10.3. The van der Waals surface area contributed by atoms with E-state index in [1.54, 1.807) is 19.2 Å². The summed E-state index contributed by atoms with van der Waals surface area (Å²) in [5.41, 5.74) is 1.18. The summed E-state index contributed by atoms with van der Waals surface area (Å²) in [6, 6.07) is 2.93. The third-order valence-electron chi connectivity index (χ3n) is 2.18. The quantitative estimate of drug-likeness (QED) is 0.536. The highest BCUT2D eigenvalue weighted by Gasteiger charge is 2.20. The highest BCUT2D eigenvalue weighted by atomic mass is 16.6. The van der Waals surface area contributed by atoms with E-state index in [4.69, 9.17) is 0 Å². The minimum Gasteiger partial charge on any atom is -0.502 e. The Morgan fingerprint density at radius 3 is 2.86 bits per heavy atom. The summed E-state index contributed by atoms with van der Waals surface area (Å²) < 4.78 is 0. The lowest BCUT2D eigenvalue weighted by atomic mass is 10.1. The van der Waals surface area contributed by atoms with Gasteiger partial charge in [-0.1, -0.05) is 0 Å². The van der Waals surface area contributed by atoms with Gasteiger partial charge in [0.05, 0.1) is 15.8 Å². The van der Waals surface area contributed by atoms with Crippen LogP contribution >= 0.6 is 0 Å². The predicted octanol–water partition coefficient (Wildman–Crippen LogP) is 2.09. The first-order valence-electron chi connectivity index (χ1n) is 4.05. The molecule has 0 aliphatic heterocycles. The standard InChI is InChI=1S/C9H8N2O3/c1-5-4-10-6-2-3-7(12)9(8(5)6)11(13)14/h2-4,10,12H,1H3. The maximum Gasteiger partial charge on any atom is 0.320 e. The molecule has 0 radical (unpaired) electrons. The summed E-state index contributed by atoms with van der Waals surface area (Å²) in [4.78, 5) is 13.0. The van der Waals surface area contributed by atoms with Crippen LogP contribution in [0.4, 0.5) is 5.69 Å². The maximum atomic E-state index is 10.7. The molecule has 0 spiro atoms. The number of aromatic nitrogens is 1. The van der Waals surface area contributed by atoms with E-state index in [0.29, 0.717) is 10.9 Å². The first-order chi connectivity index (χ1) is 6.61. The molecule has 0 atom stereocenters. The second kappa shape index (κ2) is 2.73. The normalized spacial score (nSPS) is 10.6. The molecule has 0 saturated carbocycles. The summed E-state index contributed by atoms with van der Waals surface area (Å²) in [5.74, 6) is -0.301. The van der Waals surface area contributed by atoms with Gasteiger partial charge < -0.3 is 10.1 Å². The van der Waals surface area contributed by atoms with Crippen molar-refractivity contribution in [1.82, 2.24) is 4.98 Å². The van der Waals surface area contributed by atoms with Crippen LogP contribution in [0.15, 0.2) is 18.3 Å². The molecule has 0 amide bonds. The Hall–Kier alpha value is -2.04. The zero-order valence-corrected chi connectivity index (χ0v) is 7.44. The molecule has 1 aromatic heterocycles. The average molecular weight is 192 g/mol. The van der Waals surface area contributed by atoms with Crippen molar-refractivity contribution < 1.29 is 10.0 Å². The molecule has 1 aromatic carbocycles. The minimum absolute atomic E-state index is 0.235. The number of phenolic OH excluding ortho intramolecular Hbond substituents is 1. The Labute approximate surface area is 79.1 Å². The molecule has 5 heteroatoms. The summed E-state index contributed by atoms with van der Waals surface area (Å²) in [7, 11) is 0. The second-order valence-corrected chi connectivity index (χ2v) is 3.08. The van der Waals surface area contributed by atoms with Gasteiger partial charge in [0, 0.05) is 6.20 Å². The van der Waals surface area contributed by atoms with Gasteiger partial charge in [-0.2, -0.15) is 0 Å². The number of aromatic hydroxyl groups is 1. The van der Waals surface area contributed by atoms with Crippen LogP contribution in [-0.2, 0) is 0 Å². The molecule has 0 bridgehead atoms. The fourth-order valence-corrected chi connectivity index (χ4v) is 1.54. The van der Waals surface area contributed by atoms with Gasteiger partial charge in [0.15, 0.2) is 5.75 Å². The SMILES string of the molecule is Cc1c[nH]c2ccc(O)c([N+](=O)[O-])c12. The van der Waals surface area contributed by atoms with Crippen molar-refractivity contribution >= 4 is 16.6 Å². The first kappa shape index (κ1) is 8.55. The van der Waals surface area contributed by atoms with Crippen molar-refractivity contribution in [3.8, 4) is 5.75 Å². The summed E-state index contributed by atoms with van der Waals surface area (Å²) in [6.07, 6.45) is 1.68. The molecule has 5 nitrogen and oxygen atoms in total. The van der Waals surface area contributed by atoms with Gasteiger partial charge >= 0.3 is 5.69 Å². The van der Waals surface area contributed by atoms with Crippen LogP contribution in [-0.4, -0.2) is 15.0 Å². The van der Waals surface area contributed by atoms with Crippen molar-refractivity contribution in [2.24, 2.45) is 0 Å². The maximum absolute atomic E-state index is 10.7. The minimum atomic E-state index is -0.571. The molecular formula is C9H8N2O3. The summed E-state index contributed by atoms with van der Waals surface area (Å²) >= 11 is 0. The zero-order valence-electron chi connectivity index (χ0n) is 7.44. The number of phenols is 1. The van der Waals surface area contributed by atoms with Crippen LogP contribution in [0.5, 0.6) is 5.75 Å². The topological polar surface area (TPSA) is 79.2 Å². The molecule has 2 N–H and O–H groups in total. The van der Waals surface area contributed by atoms with Crippen LogP contribution < -0.4 is 0 Å². The number of nitro groups is 1. The number of nitro benzene ring substituents is 1. The van der Waals surface area contributed by atoms with Crippen molar-refractivity contribution in [3.05, 3.63) is 34.0 Å². The molecular weight excluding hydrogens is 184 g/mol. The van der Waals surface area contributed by atoms with Crippen LogP contribution in [0.2, 0.25) is 0 Å². The largest absolute Gasteiger partial charge is 0.502 e.